The van der Waals surface area contributed by atoms with Crippen LogP contribution in [-0.2, 0) is 4.79 Å². The molecule has 0 atom stereocenters. The van der Waals surface area contributed by atoms with Crippen molar-refractivity contribution >= 4 is 12.0 Å². The van der Waals surface area contributed by atoms with Gasteiger partial charge in [0.15, 0.2) is 0 Å². The first-order valence-corrected chi connectivity index (χ1v) is 8.54. The Balaban J connectivity index is 2.10. The van der Waals surface area contributed by atoms with Gasteiger partial charge in [-0.05, 0) is 42.5 Å². The molecule has 0 bridgehead atoms. The van der Waals surface area contributed by atoms with Gasteiger partial charge in [0.1, 0.15) is 17.5 Å². The molecule has 0 saturated carbocycles. The molecule has 0 spiro atoms. The van der Waals surface area contributed by atoms with Gasteiger partial charge in [0, 0.05) is 23.9 Å². The van der Waals surface area contributed by atoms with E-state index in [0.717, 1.165) is 5.69 Å². The number of carbonyl (C=O) groups is 1. The minimum absolute atomic E-state index is 0.0576. The van der Waals surface area contributed by atoms with E-state index in [2.05, 4.69) is 17.0 Å². The maximum Gasteiger partial charge on any atom is 0.262 e. The van der Waals surface area contributed by atoms with Crippen LogP contribution < -0.4 is 5.32 Å². The Labute approximate surface area is 162 Å². The van der Waals surface area contributed by atoms with E-state index in [0.29, 0.717) is 16.8 Å². The third-order valence-electron chi connectivity index (χ3n) is 3.95. The molecule has 0 aliphatic carbocycles. The van der Waals surface area contributed by atoms with Gasteiger partial charge in [-0.2, -0.15) is 10.4 Å². The molecule has 3 aromatic rings. The summed E-state index contributed by atoms with van der Waals surface area (Å²) >= 11 is 0. The molecule has 1 aromatic heterocycles. The molecule has 0 saturated heterocycles. The second kappa shape index (κ2) is 8.60. The molecule has 0 radical (unpaired) electrons. The fourth-order valence-corrected chi connectivity index (χ4v) is 2.60. The van der Waals surface area contributed by atoms with Crippen LogP contribution in [0.5, 0.6) is 0 Å². The molecule has 5 nitrogen and oxygen atoms in total. The van der Waals surface area contributed by atoms with Crippen LogP contribution in [0.2, 0.25) is 0 Å². The Bertz CT molecular complexity index is 1060. The summed E-state index contributed by atoms with van der Waals surface area (Å²) in [5.41, 5.74) is 2.54. The van der Waals surface area contributed by atoms with E-state index in [9.17, 15) is 14.4 Å². The Morgan fingerprint density at radius 1 is 1.21 bits per heavy atom. The molecule has 2 aromatic carbocycles. The van der Waals surface area contributed by atoms with Crippen LogP contribution in [0.3, 0.4) is 0 Å². The Hall–Kier alpha value is -3.98. The van der Waals surface area contributed by atoms with Gasteiger partial charge in [0.05, 0.1) is 11.4 Å². The van der Waals surface area contributed by atoms with Crippen LogP contribution >= 0.6 is 0 Å². The summed E-state index contributed by atoms with van der Waals surface area (Å²) in [6, 6.07) is 17.2. The summed E-state index contributed by atoms with van der Waals surface area (Å²) < 4.78 is 15.0. The SMILES string of the molecule is C=CCNC(=O)C(C#N)=Cc1cn(-c2ccccc2)nc1-c1ccc(F)cc1. The number of nitrogens with zero attached hydrogens (tertiary/aromatic N) is 3. The highest BCUT2D eigenvalue weighted by molar-refractivity contribution is 6.02. The predicted molar refractivity (Wildman–Crippen MR) is 106 cm³/mol. The standard InChI is InChI=1S/C22H17FN4O/c1-2-12-25-22(28)17(14-24)13-18-15-27(20-6-4-3-5-7-20)26-21(18)16-8-10-19(23)11-9-16/h2-11,13,15H,1,12H2,(H,25,28). The van der Waals surface area contributed by atoms with E-state index >= 15 is 0 Å². The Kier molecular flexibility index (Phi) is 5.78. The van der Waals surface area contributed by atoms with Gasteiger partial charge in [0.25, 0.3) is 5.91 Å². The molecular weight excluding hydrogens is 355 g/mol. The highest BCUT2D eigenvalue weighted by Crippen LogP contribution is 2.26. The molecule has 0 aliphatic rings. The quantitative estimate of drug-likeness (QED) is 0.405. The molecule has 28 heavy (non-hydrogen) atoms. The van der Waals surface area contributed by atoms with Crippen molar-refractivity contribution in [2.75, 3.05) is 6.54 Å². The lowest BCUT2D eigenvalue weighted by Gasteiger charge is -2.02. The minimum Gasteiger partial charge on any atom is -0.348 e. The number of aromatic nitrogens is 2. The third-order valence-corrected chi connectivity index (χ3v) is 3.95. The van der Waals surface area contributed by atoms with E-state index in [1.807, 2.05) is 36.4 Å². The van der Waals surface area contributed by atoms with Crippen molar-refractivity contribution in [2.24, 2.45) is 0 Å². The van der Waals surface area contributed by atoms with E-state index in [1.165, 1.54) is 24.3 Å². The predicted octanol–water partition coefficient (Wildman–Crippen LogP) is 3.89. The first-order valence-electron chi connectivity index (χ1n) is 8.54. The molecule has 0 unspecified atom stereocenters. The average Bonchev–Trinajstić information content (AvgIpc) is 3.15. The molecule has 1 N–H and O–H groups in total. The average molecular weight is 372 g/mol. The van der Waals surface area contributed by atoms with Gasteiger partial charge in [-0.25, -0.2) is 9.07 Å². The molecule has 1 heterocycles. The zero-order valence-electron chi connectivity index (χ0n) is 15.0. The summed E-state index contributed by atoms with van der Waals surface area (Å²) in [6.07, 6.45) is 4.74. The fraction of sp³-hybridized carbons (Fsp3) is 0.0455. The van der Waals surface area contributed by atoms with E-state index < -0.39 is 5.91 Å². The number of nitriles is 1. The van der Waals surface area contributed by atoms with Crippen molar-refractivity contribution in [2.45, 2.75) is 0 Å². The second-order valence-electron chi connectivity index (χ2n) is 5.89. The van der Waals surface area contributed by atoms with E-state index in [4.69, 9.17) is 0 Å². The number of rotatable bonds is 6. The number of nitrogens with one attached hydrogen (secondary N) is 1. The van der Waals surface area contributed by atoms with Crippen molar-refractivity contribution in [1.29, 1.82) is 5.26 Å². The van der Waals surface area contributed by atoms with E-state index in [-0.39, 0.29) is 17.9 Å². The van der Waals surface area contributed by atoms with Crippen molar-refractivity contribution in [1.82, 2.24) is 15.1 Å². The first kappa shape index (κ1) is 18.8. The number of benzene rings is 2. The molecule has 0 fully saturated rings. The van der Waals surface area contributed by atoms with Crippen LogP contribution in [0, 0.1) is 17.1 Å². The number of hydrogen-bond acceptors (Lipinski definition) is 3. The Morgan fingerprint density at radius 2 is 1.93 bits per heavy atom. The van der Waals surface area contributed by atoms with E-state index in [1.54, 1.807) is 23.0 Å². The molecule has 138 valence electrons. The van der Waals surface area contributed by atoms with Gasteiger partial charge in [-0.15, -0.1) is 6.58 Å². The van der Waals surface area contributed by atoms with Crippen molar-refractivity contribution in [3.05, 3.63) is 90.4 Å². The summed E-state index contributed by atoms with van der Waals surface area (Å²) in [5.74, 6) is -0.857. The lowest BCUT2D eigenvalue weighted by Crippen LogP contribution is -2.24. The van der Waals surface area contributed by atoms with Crippen LogP contribution in [0.25, 0.3) is 23.0 Å². The van der Waals surface area contributed by atoms with Crippen LogP contribution in [0.15, 0.2) is 79.0 Å². The highest BCUT2D eigenvalue weighted by atomic mass is 19.1. The molecule has 1 amide bonds. The molecule has 3 rings (SSSR count). The summed E-state index contributed by atoms with van der Waals surface area (Å²) in [7, 11) is 0. The summed E-state index contributed by atoms with van der Waals surface area (Å²) in [6.45, 7) is 3.79. The number of para-hydroxylation sites is 1. The van der Waals surface area contributed by atoms with Gasteiger partial charge in [0.2, 0.25) is 0 Å². The minimum atomic E-state index is -0.500. The second-order valence-corrected chi connectivity index (χ2v) is 5.89. The topological polar surface area (TPSA) is 70.7 Å². The first-order chi connectivity index (χ1) is 13.6. The third kappa shape index (κ3) is 4.22. The highest BCUT2D eigenvalue weighted by Gasteiger charge is 2.15. The van der Waals surface area contributed by atoms with Crippen LogP contribution in [0.4, 0.5) is 4.39 Å². The zero-order valence-corrected chi connectivity index (χ0v) is 15.0. The van der Waals surface area contributed by atoms with Gasteiger partial charge in [-0.1, -0.05) is 24.3 Å². The molecular formula is C22H17FN4O. The normalized spacial score (nSPS) is 10.9. The number of halogens is 1. The van der Waals surface area contributed by atoms with Crippen molar-refractivity contribution < 1.29 is 9.18 Å². The largest absolute Gasteiger partial charge is 0.348 e. The Morgan fingerprint density at radius 3 is 2.57 bits per heavy atom. The van der Waals surface area contributed by atoms with Gasteiger partial charge < -0.3 is 5.32 Å². The van der Waals surface area contributed by atoms with Gasteiger partial charge in [-0.3, -0.25) is 4.79 Å². The van der Waals surface area contributed by atoms with Crippen LogP contribution in [-0.4, -0.2) is 22.2 Å². The number of hydrogen-bond donors (Lipinski definition) is 1. The summed E-state index contributed by atoms with van der Waals surface area (Å²) in [5, 5.41) is 16.6. The lowest BCUT2D eigenvalue weighted by molar-refractivity contribution is -0.116. The molecule has 6 heteroatoms. The smallest absolute Gasteiger partial charge is 0.262 e. The number of amides is 1. The lowest BCUT2D eigenvalue weighted by atomic mass is 10.1. The molecule has 0 aliphatic heterocycles. The fourth-order valence-electron chi connectivity index (χ4n) is 2.60. The van der Waals surface area contributed by atoms with Crippen molar-refractivity contribution in [3.8, 4) is 23.0 Å². The number of carbonyl (C=O) groups excluding carboxylic acids is 1. The maximum absolute atomic E-state index is 13.3. The summed E-state index contributed by atoms with van der Waals surface area (Å²) in [4.78, 5) is 12.2. The maximum atomic E-state index is 13.3. The van der Waals surface area contributed by atoms with Gasteiger partial charge >= 0.3 is 0 Å². The zero-order chi connectivity index (χ0) is 19.9. The van der Waals surface area contributed by atoms with Crippen LogP contribution in [0.1, 0.15) is 5.56 Å². The monoisotopic (exact) mass is 372 g/mol. The van der Waals surface area contributed by atoms with Crippen molar-refractivity contribution in [3.63, 3.8) is 0 Å².